The molecule has 15 heteroatoms. The molecule has 0 radical (unpaired) electrons. The Kier molecular flexibility index (Phi) is 8.99. The van der Waals surface area contributed by atoms with E-state index in [4.69, 9.17) is 23.7 Å². The highest BCUT2D eigenvalue weighted by Crippen LogP contribution is 2.32. The molecule has 3 aliphatic rings. The van der Waals surface area contributed by atoms with Crippen LogP contribution in [0.5, 0.6) is 0 Å². The Morgan fingerprint density at radius 2 is 1.06 bits per heavy atom. The second-order valence-electron chi connectivity index (χ2n) is 8.32. The minimum Gasteiger partial charge on any atom is -0.394 e. The molecule has 0 spiro atoms. The Balaban J connectivity index is 1.83. The van der Waals surface area contributed by atoms with Gasteiger partial charge >= 0.3 is 0 Å². The van der Waals surface area contributed by atoms with E-state index >= 15 is 0 Å². The smallest absolute Gasteiger partial charge is 0.187 e. The number of rotatable bonds is 6. The van der Waals surface area contributed by atoms with E-state index in [2.05, 4.69) is 0 Å². The van der Waals surface area contributed by atoms with Crippen LogP contribution >= 0.6 is 0 Å². The van der Waals surface area contributed by atoms with E-state index in [0.717, 1.165) is 0 Å². The van der Waals surface area contributed by atoms with Gasteiger partial charge < -0.3 is 74.7 Å². The highest BCUT2D eigenvalue weighted by Gasteiger charge is 2.53. The van der Waals surface area contributed by atoms with Crippen molar-refractivity contribution in [2.75, 3.05) is 13.2 Å². The molecule has 3 fully saturated rings. The van der Waals surface area contributed by atoms with E-state index in [0.29, 0.717) is 0 Å². The maximum Gasteiger partial charge on any atom is 0.187 e. The van der Waals surface area contributed by atoms with E-state index in [1.54, 1.807) is 0 Å². The molecule has 0 saturated carbocycles. The molecule has 3 aliphatic heterocycles. The minimum atomic E-state index is -1.88. The monoisotopic (exact) mass is 488 g/mol. The van der Waals surface area contributed by atoms with Gasteiger partial charge in [0.1, 0.15) is 67.1 Å². The van der Waals surface area contributed by atoms with Crippen molar-refractivity contribution in [3.8, 4) is 0 Å². The molecule has 0 aliphatic carbocycles. The summed E-state index contributed by atoms with van der Waals surface area (Å²) in [5.41, 5.74) is 0. The standard InChI is InChI=1S/C18H32O15/c1-4-7(21)9(23)11(25)17(29-4)33-15-13(27)16(28)30-6(3-20)14(15)32-18-12(26)10(24)8(22)5(2-19)31-18/h4-28H,2-3H2,1H3/t4-,5-,6+,7-,8-,9+,10+,11+,12-,13+,14-,15+,16-,17-,18-/m0/s1. The fourth-order valence-electron chi connectivity index (χ4n) is 3.99. The minimum absolute atomic E-state index is 0.739. The Labute approximate surface area is 187 Å². The Hall–Kier alpha value is -0.600. The lowest BCUT2D eigenvalue weighted by atomic mass is 9.96. The van der Waals surface area contributed by atoms with Crippen molar-refractivity contribution >= 4 is 0 Å². The Bertz CT molecular complexity index is 624. The fraction of sp³-hybridized carbons (Fsp3) is 1.00. The molecule has 15 nitrogen and oxygen atoms in total. The number of hydrogen-bond donors (Lipinski definition) is 10. The van der Waals surface area contributed by atoms with Gasteiger partial charge in [-0.05, 0) is 6.92 Å². The molecule has 0 amide bonds. The van der Waals surface area contributed by atoms with Crippen LogP contribution < -0.4 is 0 Å². The lowest BCUT2D eigenvalue weighted by Crippen LogP contribution is -2.66. The average molecular weight is 488 g/mol. The van der Waals surface area contributed by atoms with E-state index in [1.807, 2.05) is 0 Å². The molecular formula is C18H32O15. The summed E-state index contributed by atoms with van der Waals surface area (Å²) >= 11 is 0. The topological polar surface area (TPSA) is 248 Å². The first-order valence-electron chi connectivity index (χ1n) is 10.4. The third-order valence-electron chi connectivity index (χ3n) is 6.05. The van der Waals surface area contributed by atoms with Crippen LogP contribution in [0.25, 0.3) is 0 Å². The summed E-state index contributed by atoms with van der Waals surface area (Å²) in [6.07, 6.45) is -24.0. The van der Waals surface area contributed by atoms with Gasteiger partial charge in [0.2, 0.25) is 0 Å². The summed E-state index contributed by atoms with van der Waals surface area (Å²) in [5.74, 6) is 0. The SMILES string of the molecule is C[C@@H]1O[C@@H](O[C@@H]2[C@@H](O)[C@@H](O)O[C@H](CO)[C@@H]2O[C@@H]2O[C@@H](CO)[C@H](O)[C@@H](O)[C@@H]2O)[C@H](O)[C@H](O)[C@H]1O. The van der Waals surface area contributed by atoms with Crippen molar-refractivity contribution in [1.82, 2.24) is 0 Å². The predicted molar refractivity (Wildman–Crippen MR) is 99.8 cm³/mol. The molecule has 0 aromatic rings. The quantitative estimate of drug-likeness (QED) is 0.167. The molecule has 3 rings (SSSR count). The van der Waals surface area contributed by atoms with Gasteiger partial charge in [0.15, 0.2) is 18.9 Å². The summed E-state index contributed by atoms with van der Waals surface area (Å²) in [5, 5.41) is 99.8. The van der Waals surface area contributed by atoms with Crippen LogP contribution in [-0.4, -0.2) is 156 Å². The normalized spacial score (nSPS) is 53.7. The van der Waals surface area contributed by atoms with Gasteiger partial charge in [-0.15, -0.1) is 0 Å². The van der Waals surface area contributed by atoms with Crippen molar-refractivity contribution in [3.63, 3.8) is 0 Å². The van der Waals surface area contributed by atoms with Gasteiger partial charge in [-0.25, -0.2) is 0 Å². The van der Waals surface area contributed by atoms with Crippen LogP contribution in [0, 0.1) is 0 Å². The fourth-order valence-corrected chi connectivity index (χ4v) is 3.99. The molecule has 33 heavy (non-hydrogen) atoms. The van der Waals surface area contributed by atoms with Gasteiger partial charge in [0, 0.05) is 0 Å². The Morgan fingerprint density at radius 1 is 0.545 bits per heavy atom. The summed E-state index contributed by atoms with van der Waals surface area (Å²) in [4.78, 5) is 0. The van der Waals surface area contributed by atoms with Crippen molar-refractivity contribution in [2.24, 2.45) is 0 Å². The van der Waals surface area contributed by atoms with E-state index in [9.17, 15) is 51.1 Å². The first-order chi connectivity index (χ1) is 15.5. The largest absolute Gasteiger partial charge is 0.394 e. The van der Waals surface area contributed by atoms with Crippen LogP contribution in [0.15, 0.2) is 0 Å². The molecule has 0 aromatic carbocycles. The van der Waals surface area contributed by atoms with Crippen molar-refractivity contribution in [3.05, 3.63) is 0 Å². The Morgan fingerprint density at radius 3 is 1.64 bits per heavy atom. The molecule has 194 valence electrons. The maximum atomic E-state index is 10.5. The van der Waals surface area contributed by atoms with Gasteiger partial charge in [-0.3, -0.25) is 0 Å². The number of aliphatic hydroxyl groups is 10. The van der Waals surface area contributed by atoms with E-state index in [1.165, 1.54) is 6.92 Å². The maximum absolute atomic E-state index is 10.5. The third kappa shape index (κ3) is 5.32. The molecular weight excluding hydrogens is 456 g/mol. The number of aliphatic hydroxyl groups excluding tert-OH is 10. The molecule has 0 unspecified atom stereocenters. The number of ether oxygens (including phenoxy) is 5. The summed E-state index contributed by atoms with van der Waals surface area (Å²) < 4.78 is 26.9. The first-order valence-corrected chi connectivity index (χ1v) is 10.4. The zero-order chi connectivity index (χ0) is 24.6. The third-order valence-corrected chi connectivity index (χ3v) is 6.05. The second-order valence-corrected chi connectivity index (χ2v) is 8.32. The molecule has 10 N–H and O–H groups in total. The van der Waals surface area contributed by atoms with Crippen molar-refractivity contribution < 1.29 is 74.7 Å². The van der Waals surface area contributed by atoms with Crippen LogP contribution in [0.2, 0.25) is 0 Å². The predicted octanol–water partition coefficient (Wildman–Crippen LogP) is -6.55. The van der Waals surface area contributed by atoms with E-state index < -0.39 is 105 Å². The van der Waals surface area contributed by atoms with Crippen LogP contribution in [0.1, 0.15) is 6.92 Å². The van der Waals surface area contributed by atoms with Crippen LogP contribution in [-0.2, 0) is 23.7 Å². The molecule has 0 aromatic heterocycles. The molecule has 15 atom stereocenters. The van der Waals surface area contributed by atoms with Gasteiger partial charge in [-0.1, -0.05) is 0 Å². The highest BCUT2D eigenvalue weighted by molar-refractivity contribution is 4.96. The summed E-state index contributed by atoms with van der Waals surface area (Å²) in [7, 11) is 0. The van der Waals surface area contributed by atoms with E-state index in [-0.39, 0.29) is 0 Å². The second kappa shape index (κ2) is 11.0. The van der Waals surface area contributed by atoms with Crippen LogP contribution in [0.3, 0.4) is 0 Å². The first kappa shape index (κ1) is 27.0. The zero-order valence-electron chi connectivity index (χ0n) is 17.6. The number of hydrogen-bond acceptors (Lipinski definition) is 15. The van der Waals surface area contributed by atoms with Gasteiger partial charge in [0.05, 0.1) is 19.3 Å². The lowest BCUT2D eigenvalue weighted by molar-refractivity contribution is -0.382. The summed E-state index contributed by atoms with van der Waals surface area (Å²) in [6, 6.07) is 0. The highest BCUT2D eigenvalue weighted by atomic mass is 16.8. The summed E-state index contributed by atoms with van der Waals surface area (Å²) in [6.45, 7) is -0.127. The molecule has 3 saturated heterocycles. The molecule has 0 bridgehead atoms. The van der Waals surface area contributed by atoms with Gasteiger partial charge in [0.25, 0.3) is 0 Å². The molecule has 3 heterocycles. The average Bonchev–Trinajstić information content (AvgIpc) is 2.80. The van der Waals surface area contributed by atoms with Gasteiger partial charge in [-0.2, -0.15) is 0 Å². The lowest BCUT2D eigenvalue weighted by Gasteiger charge is -2.48. The zero-order valence-corrected chi connectivity index (χ0v) is 17.6. The van der Waals surface area contributed by atoms with Crippen molar-refractivity contribution in [1.29, 1.82) is 0 Å². The van der Waals surface area contributed by atoms with Crippen molar-refractivity contribution in [2.45, 2.75) is 99.0 Å². The van der Waals surface area contributed by atoms with Crippen LogP contribution in [0.4, 0.5) is 0 Å².